The number of hydrogen-bond acceptors (Lipinski definition) is 5. The number of carbonyl (C=O) groups excluding carboxylic acids is 1. The molecule has 3 aromatic rings. The van der Waals surface area contributed by atoms with Gasteiger partial charge in [-0.15, -0.1) is 11.3 Å². The van der Waals surface area contributed by atoms with E-state index in [1.165, 1.54) is 11.3 Å². The maximum atomic E-state index is 12.8. The maximum Gasteiger partial charge on any atom is 0.273 e. The summed E-state index contributed by atoms with van der Waals surface area (Å²) in [6.45, 7) is 2.76. The lowest BCUT2D eigenvalue weighted by Crippen LogP contribution is -2.49. The Morgan fingerprint density at radius 1 is 1.04 bits per heavy atom. The third-order valence-electron chi connectivity index (χ3n) is 4.56. The molecule has 4 rings (SSSR count). The van der Waals surface area contributed by atoms with Crippen molar-refractivity contribution in [2.75, 3.05) is 36.4 Å². The number of nitrogens with one attached hydrogen (secondary N) is 1. The number of rotatable bonds is 4. The molecule has 1 amide bonds. The predicted octanol–water partition coefficient (Wildman–Crippen LogP) is 5.16. The Hall–Kier alpha value is -2.28. The summed E-state index contributed by atoms with van der Waals surface area (Å²) in [5.41, 5.74) is 2.31. The van der Waals surface area contributed by atoms with Crippen LogP contribution in [-0.4, -0.2) is 42.0 Å². The fourth-order valence-electron chi connectivity index (χ4n) is 3.14. The summed E-state index contributed by atoms with van der Waals surface area (Å²) in [6.07, 6.45) is 0. The first-order chi connectivity index (χ1) is 13.6. The minimum atomic E-state index is -0.0470. The fraction of sp³-hybridized carbons (Fsp3) is 0.200. The van der Waals surface area contributed by atoms with Crippen LogP contribution in [0.2, 0.25) is 10.0 Å². The van der Waals surface area contributed by atoms with E-state index in [4.69, 9.17) is 23.2 Å². The Bertz CT molecular complexity index is 986. The molecule has 0 bridgehead atoms. The van der Waals surface area contributed by atoms with Crippen molar-refractivity contribution in [2.45, 2.75) is 0 Å². The summed E-state index contributed by atoms with van der Waals surface area (Å²) >= 11 is 13.7. The van der Waals surface area contributed by atoms with Gasteiger partial charge in [-0.25, -0.2) is 4.98 Å². The summed E-state index contributed by atoms with van der Waals surface area (Å²) in [6, 6.07) is 15.2. The topological polar surface area (TPSA) is 48.5 Å². The lowest BCUT2D eigenvalue weighted by atomic mass is 10.2. The van der Waals surface area contributed by atoms with Crippen LogP contribution < -0.4 is 10.2 Å². The van der Waals surface area contributed by atoms with Crippen LogP contribution in [0.15, 0.2) is 53.9 Å². The van der Waals surface area contributed by atoms with Gasteiger partial charge in [-0.2, -0.15) is 0 Å². The fourth-order valence-corrected chi connectivity index (χ4v) is 4.29. The zero-order chi connectivity index (χ0) is 19.5. The number of aromatic nitrogens is 1. The number of amides is 1. The Kier molecular flexibility index (Phi) is 5.71. The van der Waals surface area contributed by atoms with E-state index in [0.29, 0.717) is 28.9 Å². The van der Waals surface area contributed by atoms with Crippen LogP contribution in [0.1, 0.15) is 10.5 Å². The average molecular weight is 433 g/mol. The van der Waals surface area contributed by atoms with Crippen molar-refractivity contribution < 1.29 is 4.79 Å². The predicted molar refractivity (Wildman–Crippen MR) is 116 cm³/mol. The number of piperazine rings is 1. The zero-order valence-corrected chi connectivity index (χ0v) is 17.3. The summed E-state index contributed by atoms with van der Waals surface area (Å²) < 4.78 is 0. The number of thiazole rings is 1. The van der Waals surface area contributed by atoms with Crippen LogP contribution >= 0.6 is 34.5 Å². The van der Waals surface area contributed by atoms with Gasteiger partial charge >= 0.3 is 0 Å². The second-order valence-electron chi connectivity index (χ2n) is 6.40. The van der Waals surface area contributed by atoms with E-state index in [0.717, 1.165) is 29.5 Å². The molecule has 0 aliphatic carbocycles. The molecule has 0 unspecified atom stereocenters. The minimum Gasteiger partial charge on any atom is -0.367 e. The first kappa shape index (κ1) is 19.1. The summed E-state index contributed by atoms with van der Waals surface area (Å²) in [5, 5.41) is 7.02. The molecule has 28 heavy (non-hydrogen) atoms. The van der Waals surface area contributed by atoms with Crippen LogP contribution in [0.5, 0.6) is 0 Å². The SMILES string of the molecule is O=C(c1csc(Nc2cccc(Cl)c2)n1)N1CCN(c2ccccc2Cl)CC1. The Labute approximate surface area is 177 Å². The highest BCUT2D eigenvalue weighted by atomic mass is 35.5. The van der Waals surface area contributed by atoms with Crippen molar-refractivity contribution >= 4 is 57.0 Å². The molecule has 2 aromatic carbocycles. The minimum absolute atomic E-state index is 0.0470. The third-order valence-corrected chi connectivity index (χ3v) is 5.87. The number of halogens is 2. The molecular formula is C20H18Cl2N4OS. The van der Waals surface area contributed by atoms with Crippen LogP contribution in [-0.2, 0) is 0 Å². The summed E-state index contributed by atoms with van der Waals surface area (Å²) in [7, 11) is 0. The first-order valence-corrected chi connectivity index (χ1v) is 10.5. The number of nitrogens with zero attached hydrogens (tertiary/aromatic N) is 3. The molecule has 1 aliphatic rings. The lowest BCUT2D eigenvalue weighted by Gasteiger charge is -2.36. The molecule has 0 saturated carbocycles. The smallest absolute Gasteiger partial charge is 0.273 e. The second kappa shape index (κ2) is 8.39. The Morgan fingerprint density at radius 3 is 2.57 bits per heavy atom. The van der Waals surface area contributed by atoms with Crippen LogP contribution in [0.25, 0.3) is 0 Å². The quantitative estimate of drug-likeness (QED) is 0.618. The third kappa shape index (κ3) is 4.24. The zero-order valence-electron chi connectivity index (χ0n) is 14.9. The van der Waals surface area contributed by atoms with Crippen molar-refractivity contribution in [3.05, 3.63) is 69.7 Å². The van der Waals surface area contributed by atoms with Gasteiger partial charge in [0, 0.05) is 42.3 Å². The van der Waals surface area contributed by atoms with E-state index < -0.39 is 0 Å². The van der Waals surface area contributed by atoms with Gasteiger partial charge in [0.1, 0.15) is 5.69 Å². The monoisotopic (exact) mass is 432 g/mol. The molecule has 5 nitrogen and oxygen atoms in total. The Morgan fingerprint density at radius 2 is 1.82 bits per heavy atom. The second-order valence-corrected chi connectivity index (χ2v) is 8.11. The van der Waals surface area contributed by atoms with Crippen LogP contribution in [0.4, 0.5) is 16.5 Å². The van der Waals surface area contributed by atoms with Gasteiger partial charge in [-0.05, 0) is 30.3 Å². The summed E-state index contributed by atoms with van der Waals surface area (Å²) in [5.74, 6) is -0.0470. The molecule has 1 saturated heterocycles. The number of benzene rings is 2. The summed E-state index contributed by atoms with van der Waals surface area (Å²) in [4.78, 5) is 21.3. The number of anilines is 3. The highest BCUT2D eigenvalue weighted by molar-refractivity contribution is 7.14. The number of carbonyl (C=O) groups is 1. The molecule has 0 spiro atoms. The van der Waals surface area contributed by atoms with Gasteiger partial charge in [0.15, 0.2) is 5.13 Å². The average Bonchev–Trinajstić information content (AvgIpc) is 3.16. The van der Waals surface area contributed by atoms with Gasteiger partial charge in [0.05, 0.1) is 10.7 Å². The van der Waals surface area contributed by atoms with Gasteiger partial charge in [0.25, 0.3) is 5.91 Å². The van der Waals surface area contributed by atoms with E-state index in [1.807, 2.05) is 53.4 Å². The number of para-hydroxylation sites is 1. The molecule has 1 fully saturated rings. The van der Waals surface area contributed by atoms with Crippen molar-refractivity contribution in [1.82, 2.24) is 9.88 Å². The van der Waals surface area contributed by atoms with E-state index >= 15 is 0 Å². The van der Waals surface area contributed by atoms with E-state index in [-0.39, 0.29) is 5.91 Å². The molecule has 1 aliphatic heterocycles. The molecule has 0 atom stereocenters. The van der Waals surface area contributed by atoms with Gasteiger partial charge < -0.3 is 15.1 Å². The maximum absolute atomic E-state index is 12.8. The van der Waals surface area contributed by atoms with Crippen molar-refractivity contribution in [2.24, 2.45) is 0 Å². The van der Waals surface area contributed by atoms with Gasteiger partial charge in [-0.1, -0.05) is 41.4 Å². The molecule has 1 aromatic heterocycles. The standard InChI is InChI=1S/C20H18Cl2N4OS/c21-14-4-3-5-15(12-14)23-20-24-17(13-28-20)19(27)26-10-8-25(9-11-26)18-7-2-1-6-16(18)22/h1-7,12-13H,8-11H2,(H,23,24). The van der Waals surface area contributed by atoms with Crippen LogP contribution in [0, 0.1) is 0 Å². The van der Waals surface area contributed by atoms with Crippen LogP contribution in [0.3, 0.4) is 0 Å². The van der Waals surface area contributed by atoms with Crippen molar-refractivity contribution in [3.63, 3.8) is 0 Å². The lowest BCUT2D eigenvalue weighted by molar-refractivity contribution is 0.0742. The molecule has 1 N–H and O–H groups in total. The van der Waals surface area contributed by atoms with Crippen molar-refractivity contribution in [1.29, 1.82) is 0 Å². The normalized spacial score (nSPS) is 14.2. The van der Waals surface area contributed by atoms with E-state index in [9.17, 15) is 4.79 Å². The molecule has 0 radical (unpaired) electrons. The van der Waals surface area contributed by atoms with E-state index in [1.54, 1.807) is 5.38 Å². The molecule has 144 valence electrons. The van der Waals surface area contributed by atoms with Crippen molar-refractivity contribution in [3.8, 4) is 0 Å². The molecular weight excluding hydrogens is 415 g/mol. The first-order valence-electron chi connectivity index (χ1n) is 8.87. The molecule has 2 heterocycles. The Balaban J connectivity index is 1.38. The van der Waals surface area contributed by atoms with Gasteiger partial charge in [-0.3, -0.25) is 4.79 Å². The molecule has 8 heteroatoms. The largest absolute Gasteiger partial charge is 0.367 e. The highest BCUT2D eigenvalue weighted by Gasteiger charge is 2.24. The number of hydrogen-bond donors (Lipinski definition) is 1. The van der Waals surface area contributed by atoms with E-state index in [2.05, 4.69) is 15.2 Å². The highest BCUT2D eigenvalue weighted by Crippen LogP contribution is 2.27. The van der Waals surface area contributed by atoms with Gasteiger partial charge in [0.2, 0.25) is 0 Å².